The van der Waals surface area contributed by atoms with Crippen LogP contribution >= 0.6 is 24.6 Å². The number of halogens is 1. The summed E-state index contributed by atoms with van der Waals surface area (Å²) in [4.78, 5) is 0. The van der Waals surface area contributed by atoms with Crippen molar-refractivity contribution in [3.8, 4) is 0 Å². The van der Waals surface area contributed by atoms with Crippen LogP contribution in [0, 0.1) is 4.77 Å². The Hall–Kier alpha value is -0.390. The number of aromatic nitrogens is 3. The van der Waals surface area contributed by atoms with Gasteiger partial charge in [-0.2, -0.15) is 5.10 Å². The number of H-pyrrole nitrogens is 1. The fraction of sp³-hybridized carbons (Fsp3) is 0.714. The van der Waals surface area contributed by atoms with Gasteiger partial charge in [-0.25, -0.2) is 0 Å². The van der Waals surface area contributed by atoms with Crippen LogP contribution < -0.4 is 5.73 Å². The second-order valence-corrected chi connectivity index (χ2v) is 3.49. The molecule has 3 N–H and O–H groups in total. The lowest BCUT2D eigenvalue weighted by atomic mass is 10.4. The molecule has 0 unspecified atom stereocenters. The minimum Gasteiger partial charge on any atom is -0.329 e. The summed E-state index contributed by atoms with van der Waals surface area (Å²) in [6.07, 6.45) is 2.48. The molecule has 6 heteroatoms. The van der Waals surface area contributed by atoms with Gasteiger partial charge in [0.1, 0.15) is 5.82 Å². The van der Waals surface area contributed by atoms with E-state index in [-0.39, 0.29) is 12.4 Å². The largest absolute Gasteiger partial charge is 0.329 e. The molecule has 0 atom stereocenters. The van der Waals surface area contributed by atoms with Crippen molar-refractivity contribution in [2.24, 2.45) is 5.73 Å². The van der Waals surface area contributed by atoms with Crippen molar-refractivity contribution in [1.29, 1.82) is 0 Å². The molecule has 2 rings (SSSR count). The number of nitrogens with zero attached hydrogens (tertiary/aromatic N) is 2. The van der Waals surface area contributed by atoms with Gasteiger partial charge in [0.2, 0.25) is 0 Å². The average molecular weight is 221 g/mol. The van der Waals surface area contributed by atoms with Crippen molar-refractivity contribution in [2.75, 3.05) is 6.54 Å². The van der Waals surface area contributed by atoms with Gasteiger partial charge in [0.15, 0.2) is 4.77 Å². The van der Waals surface area contributed by atoms with Gasteiger partial charge in [0.05, 0.1) is 0 Å². The van der Waals surface area contributed by atoms with E-state index < -0.39 is 0 Å². The Morgan fingerprint density at radius 3 is 2.85 bits per heavy atom. The monoisotopic (exact) mass is 220 g/mol. The van der Waals surface area contributed by atoms with Crippen LogP contribution in [0.4, 0.5) is 0 Å². The lowest BCUT2D eigenvalue weighted by molar-refractivity contribution is 0.656. The molecule has 1 fully saturated rings. The number of hydrogen-bond acceptors (Lipinski definition) is 3. The molecule has 0 spiro atoms. The highest BCUT2D eigenvalue weighted by atomic mass is 35.5. The fourth-order valence-corrected chi connectivity index (χ4v) is 1.56. The second kappa shape index (κ2) is 4.21. The first-order chi connectivity index (χ1) is 5.83. The zero-order chi connectivity index (χ0) is 8.55. The summed E-state index contributed by atoms with van der Waals surface area (Å²) in [5, 5.41) is 6.99. The van der Waals surface area contributed by atoms with Crippen LogP contribution in [0.15, 0.2) is 0 Å². The normalized spacial score (nSPS) is 15.5. The lowest BCUT2D eigenvalue weighted by Gasteiger charge is -2.01. The van der Waals surface area contributed by atoms with Gasteiger partial charge < -0.3 is 10.3 Å². The van der Waals surface area contributed by atoms with Crippen LogP contribution in [0.2, 0.25) is 0 Å². The van der Waals surface area contributed by atoms with E-state index in [4.69, 9.17) is 18.0 Å². The summed E-state index contributed by atoms with van der Waals surface area (Å²) >= 11 is 5.07. The third-order valence-corrected chi connectivity index (χ3v) is 2.39. The maximum Gasteiger partial charge on any atom is 0.195 e. The topological polar surface area (TPSA) is 59.6 Å². The third-order valence-electron chi connectivity index (χ3n) is 2.08. The summed E-state index contributed by atoms with van der Waals surface area (Å²) in [6.45, 7) is 1.40. The molecule has 0 amide bonds. The predicted molar refractivity (Wildman–Crippen MR) is 55.7 cm³/mol. The van der Waals surface area contributed by atoms with E-state index in [1.54, 1.807) is 0 Å². The summed E-state index contributed by atoms with van der Waals surface area (Å²) < 4.78 is 2.70. The van der Waals surface area contributed by atoms with Crippen molar-refractivity contribution in [3.05, 3.63) is 10.6 Å². The van der Waals surface area contributed by atoms with Crippen molar-refractivity contribution in [2.45, 2.75) is 25.3 Å². The van der Waals surface area contributed by atoms with Gasteiger partial charge in [0, 0.05) is 19.0 Å². The number of nitrogens with one attached hydrogen (secondary N) is 1. The molecule has 0 aromatic carbocycles. The molecular weight excluding hydrogens is 208 g/mol. The Morgan fingerprint density at radius 1 is 1.62 bits per heavy atom. The molecule has 1 heterocycles. The molecule has 74 valence electrons. The number of hydrogen-bond donors (Lipinski definition) is 2. The highest BCUT2D eigenvalue weighted by Crippen LogP contribution is 2.38. The van der Waals surface area contributed by atoms with Gasteiger partial charge in [0.25, 0.3) is 0 Å². The average Bonchev–Trinajstić information content (AvgIpc) is 2.82. The van der Waals surface area contributed by atoms with E-state index in [0.29, 0.717) is 17.2 Å². The Kier molecular flexibility index (Phi) is 3.47. The first-order valence-electron chi connectivity index (χ1n) is 4.18. The molecule has 1 aliphatic rings. The summed E-state index contributed by atoms with van der Waals surface area (Å²) in [7, 11) is 0. The molecule has 0 radical (unpaired) electrons. The first-order valence-corrected chi connectivity index (χ1v) is 4.59. The second-order valence-electron chi connectivity index (χ2n) is 3.10. The van der Waals surface area contributed by atoms with Crippen LogP contribution in [0.1, 0.15) is 24.6 Å². The standard InChI is InChI=1S/C7H12N4S.ClH/c8-3-4-11-6(5-1-2-5)9-10-7(11)12;/h5H,1-4,8H2,(H,10,12);1H. The van der Waals surface area contributed by atoms with Crippen LogP contribution in [-0.2, 0) is 6.54 Å². The van der Waals surface area contributed by atoms with E-state index in [1.165, 1.54) is 12.8 Å². The quantitative estimate of drug-likeness (QED) is 0.753. The zero-order valence-electron chi connectivity index (χ0n) is 7.19. The molecule has 13 heavy (non-hydrogen) atoms. The van der Waals surface area contributed by atoms with Crippen LogP contribution in [-0.4, -0.2) is 21.3 Å². The molecule has 1 aliphatic carbocycles. The smallest absolute Gasteiger partial charge is 0.195 e. The summed E-state index contributed by atoms with van der Waals surface area (Å²) in [5.41, 5.74) is 5.47. The maximum atomic E-state index is 5.47. The summed E-state index contributed by atoms with van der Waals surface area (Å²) in [5.74, 6) is 1.72. The summed E-state index contributed by atoms with van der Waals surface area (Å²) in [6, 6.07) is 0. The van der Waals surface area contributed by atoms with Crippen molar-refractivity contribution < 1.29 is 0 Å². The molecule has 1 aromatic rings. The number of aromatic amines is 1. The molecule has 0 aliphatic heterocycles. The van der Waals surface area contributed by atoms with Gasteiger partial charge in [-0.3, -0.25) is 5.10 Å². The van der Waals surface area contributed by atoms with Gasteiger partial charge >= 0.3 is 0 Å². The first kappa shape index (κ1) is 10.7. The van der Waals surface area contributed by atoms with Crippen molar-refractivity contribution >= 4 is 24.6 Å². The van der Waals surface area contributed by atoms with Crippen molar-refractivity contribution in [1.82, 2.24) is 14.8 Å². The van der Waals surface area contributed by atoms with E-state index >= 15 is 0 Å². The predicted octanol–water partition coefficient (Wildman–Crippen LogP) is 1.20. The lowest BCUT2D eigenvalue weighted by Crippen LogP contribution is -2.12. The van der Waals surface area contributed by atoms with Crippen LogP contribution in [0.25, 0.3) is 0 Å². The minimum absolute atomic E-state index is 0. The van der Waals surface area contributed by atoms with Crippen molar-refractivity contribution in [3.63, 3.8) is 0 Å². The SMILES string of the molecule is Cl.NCCn1c(C2CC2)n[nH]c1=S. The highest BCUT2D eigenvalue weighted by Gasteiger charge is 2.28. The maximum absolute atomic E-state index is 5.47. The zero-order valence-corrected chi connectivity index (χ0v) is 8.83. The Morgan fingerprint density at radius 2 is 2.31 bits per heavy atom. The minimum atomic E-state index is 0. The molecular formula is C7H13ClN4S. The van der Waals surface area contributed by atoms with E-state index in [1.807, 2.05) is 4.57 Å². The highest BCUT2D eigenvalue weighted by molar-refractivity contribution is 7.71. The Bertz CT molecular complexity index is 327. The van der Waals surface area contributed by atoms with Gasteiger partial charge in [-0.15, -0.1) is 12.4 Å². The molecule has 0 saturated heterocycles. The molecule has 0 bridgehead atoms. The molecule has 1 saturated carbocycles. The van der Waals surface area contributed by atoms with Crippen LogP contribution in [0.3, 0.4) is 0 Å². The van der Waals surface area contributed by atoms with E-state index in [2.05, 4.69) is 10.2 Å². The Balaban J connectivity index is 0.000000845. The Labute approximate surface area is 87.9 Å². The van der Waals surface area contributed by atoms with E-state index in [0.717, 1.165) is 12.4 Å². The molecule has 1 aromatic heterocycles. The van der Waals surface area contributed by atoms with E-state index in [9.17, 15) is 0 Å². The van der Waals surface area contributed by atoms with Gasteiger partial charge in [-0.1, -0.05) is 0 Å². The number of nitrogens with two attached hydrogens (primary N) is 1. The van der Waals surface area contributed by atoms with Gasteiger partial charge in [-0.05, 0) is 25.1 Å². The number of rotatable bonds is 3. The third kappa shape index (κ3) is 2.10. The fourth-order valence-electron chi connectivity index (χ4n) is 1.33. The molecule has 4 nitrogen and oxygen atoms in total. The van der Waals surface area contributed by atoms with Crippen LogP contribution in [0.5, 0.6) is 0 Å².